The SMILES string of the molecule is CNC(CSc1nncs1)C(=O)OC. The van der Waals surface area contributed by atoms with Crippen molar-refractivity contribution < 1.29 is 9.53 Å². The number of rotatable bonds is 5. The summed E-state index contributed by atoms with van der Waals surface area (Å²) in [5.74, 6) is 0.336. The van der Waals surface area contributed by atoms with E-state index in [2.05, 4.69) is 20.3 Å². The molecule has 0 aromatic carbocycles. The summed E-state index contributed by atoms with van der Waals surface area (Å²) >= 11 is 2.94. The molecule has 1 heterocycles. The number of methoxy groups -OCH3 is 1. The highest BCUT2D eigenvalue weighted by Gasteiger charge is 2.17. The lowest BCUT2D eigenvalue weighted by molar-refractivity contribution is -0.142. The standard InChI is InChI=1S/C7H11N3O2S2/c1-8-5(6(11)12-2)3-13-7-10-9-4-14-7/h4-5,8H,3H2,1-2H3. The van der Waals surface area contributed by atoms with Crippen LogP contribution in [0.25, 0.3) is 0 Å². The van der Waals surface area contributed by atoms with Crippen molar-refractivity contribution in [2.75, 3.05) is 19.9 Å². The first-order valence-electron chi connectivity index (χ1n) is 3.92. The van der Waals surface area contributed by atoms with Crippen LogP contribution in [0.3, 0.4) is 0 Å². The van der Waals surface area contributed by atoms with Crippen molar-refractivity contribution in [3.63, 3.8) is 0 Å². The summed E-state index contributed by atoms with van der Waals surface area (Å²) in [5, 5.41) is 10.4. The number of likely N-dealkylation sites (N-methyl/N-ethyl adjacent to an activating group) is 1. The Kier molecular flexibility index (Phi) is 4.85. The predicted octanol–water partition coefficient (Wildman–Crippen LogP) is 0.391. The fourth-order valence-electron chi connectivity index (χ4n) is 0.792. The zero-order valence-corrected chi connectivity index (χ0v) is 9.52. The average Bonchev–Trinajstić information content (AvgIpc) is 2.71. The second-order valence-electron chi connectivity index (χ2n) is 2.38. The van der Waals surface area contributed by atoms with E-state index in [0.29, 0.717) is 5.75 Å². The number of nitrogens with zero attached hydrogens (tertiary/aromatic N) is 2. The summed E-state index contributed by atoms with van der Waals surface area (Å²) in [6.45, 7) is 0. The van der Waals surface area contributed by atoms with Crippen molar-refractivity contribution in [3.8, 4) is 0 Å². The Labute approximate surface area is 90.3 Å². The molecule has 0 aliphatic heterocycles. The van der Waals surface area contributed by atoms with Crippen molar-refractivity contribution in [1.82, 2.24) is 15.5 Å². The summed E-state index contributed by atoms with van der Waals surface area (Å²) in [4.78, 5) is 11.2. The Hall–Kier alpha value is -0.660. The lowest BCUT2D eigenvalue weighted by atomic mass is 10.3. The number of thioether (sulfide) groups is 1. The van der Waals surface area contributed by atoms with E-state index in [-0.39, 0.29) is 12.0 Å². The van der Waals surface area contributed by atoms with Crippen LogP contribution in [-0.4, -0.2) is 42.1 Å². The minimum atomic E-state index is -0.297. The van der Waals surface area contributed by atoms with Gasteiger partial charge in [-0.2, -0.15) is 0 Å². The maximum Gasteiger partial charge on any atom is 0.323 e. The Morgan fingerprint density at radius 2 is 2.64 bits per heavy atom. The molecule has 1 N–H and O–H groups in total. The monoisotopic (exact) mass is 233 g/mol. The number of ether oxygens (including phenoxy) is 1. The molecule has 0 aliphatic rings. The van der Waals surface area contributed by atoms with Crippen molar-refractivity contribution in [1.29, 1.82) is 0 Å². The highest BCUT2D eigenvalue weighted by Crippen LogP contribution is 2.19. The first-order valence-corrected chi connectivity index (χ1v) is 5.78. The summed E-state index contributed by atoms with van der Waals surface area (Å²) in [6, 6.07) is -0.297. The lowest BCUT2D eigenvalue weighted by Gasteiger charge is -2.11. The molecule has 1 unspecified atom stereocenters. The zero-order chi connectivity index (χ0) is 10.4. The third-order valence-electron chi connectivity index (χ3n) is 1.55. The minimum absolute atomic E-state index is 0.260. The molecule has 14 heavy (non-hydrogen) atoms. The molecule has 1 rings (SSSR count). The van der Waals surface area contributed by atoms with Gasteiger partial charge in [-0.1, -0.05) is 23.1 Å². The van der Waals surface area contributed by atoms with Crippen LogP contribution in [0.15, 0.2) is 9.85 Å². The van der Waals surface area contributed by atoms with Crippen LogP contribution in [-0.2, 0) is 9.53 Å². The van der Waals surface area contributed by atoms with E-state index in [0.717, 1.165) is 4.34 Å². The Morgan fingerprint density at radius 3 is 3.14 bits per heavy atom. The first kappa shape index (κ1) is 11.4. The van der Waals surface area contributed by atoms with Crippen molar-refractivity contribution in [2.45, 2.75) is 10.4 Å². The molecule has 0 amide bonds. The summed E-state index contributed by atoms with van der Waals surface area (Å²) in [7, 11) is 3.10. The number of hydrogen-bond donors (Lipinski definition) is 1. The normalized spacial score (nSPS) is 12.4. The Balaban J connectivity index is 2.38. The maximum atomic E-state index is 11.2. The quantitative estimate of drug-likeness (QED) is 0.586. The fourth-order valence-corrected chi connectivity index (χ4v) is 2.39. The number of esters is 1. The van der Waals surface area contributed by atoms with Gasteiger partial charge in [-0.25, -0.2) is 0 Å². The fraction of sp³-hybridized carbons (Fsp3) is 0.571. The van der Waals surface area contributed by atoms with Gasteiger partial charge >= 0.3 is 5.97 Å². The van der Waals surface area contributed by atoms with E-state index >= 15 is 0 Å². The van der Waals surface area contributed by atoms with E-state index in [9.17, 15) is 4.79 Å². The van der Waals surface area contributed by atoms with E-state index in [1.54, 1.807) is 12.6 Å². The highest BCUT2D eigenvalue weighted by atomic mass is 32.2. The zero-order valence-electron chi connectivity index (χ0n) is 7.89. The molecule has 0 bridgehead atoms. The molecule has 0 radical (unpaired) electrons. The average molecular weight is 233 g/mol. The molecule has 1 aromatic heterocycles. The van der Waals surface area contributed by atoms with E-state index in [1.807, 2.05) is 0 Å². The van der Waals surface area contributed by atoms with Gasteiger partial charge in [0.15, 0.2) is 4.34 Å². The molecule has 0 spiro atoms. The number of carbonyl (C=O) groups is 1. The molecule has 0 saturated carbocycles. The second kappa shape index (κ2) is 5.94. The van der Waals surface area contributed by atoms with Gasteiger partial charge in [-0.05, 0) is 7.05 Å². The minimum Gasteiger partial charge on any atom is -0.468 e. The van der Waals surface area contributed by atoms with Gasteiger partial charge in [0.05, 0.1) is 7.11 Å². The first-order chi connectivity index (χ1) is 6.77. The summed E-state index contributed by atoms with van der Waals surface area (Å²) in [5.41, 5.74) is 1.66. The third kappa shape index (κ3) is 3.24. The predicted molar refractivity (Wildman–Crippen MR) is 55.5 cm³/mol. The smallest absolute Gasteiger partial charge is 0.323 e. The third-order valence-corrected chi connectivity index (χ3v) is 3.50. The molecule has 0 aliphatic carbocycles. The Bertz CT molecular complexity index is 278. The van der Waals surface area contributed by atoms with Gasteiger partial charge in [-0.3, -0.25) is 4.79 Å². The number of carbonyl (C=O) groups excluding carboxylic acids is 1. The van der Waals surface area contributed by atoms with Crippen molar-refractivity contribution >= 4 is 29.1 Å². The number of aromatic nitrogens is 2. The Morgan fingerprint density at radius 1 is 1.86 bits per heavy atom. The number of hydrogen-bond acceptors (Lipinski definition) is 7. The topological polar surface area (TPSA) is 64.1 Å². The van der Waals surface area contributed by atoms with Gasteiger partial charge in [0.1, 0.15) is 11.6 Å². The largest absolute Gasteiger partial charge is 0.468 e. The highest BCUT2D eigenvalue weighted by molar-refractivity contribution is 8.01. The van der Waals surface area contributed by atoms with Gasteiger partial charge in [0, 0.05) is 5.75 Å². The second-order valence-corrected chi connectivity index (χ2v) is 4.48. The molecule has 5 nitrogen and oxygen atoms in total. The molecule has 1 atom stereocenters. The summed E-state index contributed by atoms with van der Waals surface area (Å²) < 4.78 is 5.48. The molecular formula is C7H11N3O2S2. The van der Waals surface area contributed by atoms with Crippen molar-refractivity contribution in [3.05, 3.63) is 5.51 Å². The number of nitrogens with one attached hydrogen (secondary N) is 1. The molecule has 7 heteroatoms. The van der Waals surface area contributed by atoms with Crippen LogP contribution in [0.1, 0.15) is 0 Å². The molecule has 1 aromatic rings. The van der Waals surface area contributed by atoms with Gasteiger partial charge in [0.25, 0.3) is 0 Å². The summed E-state index contributed by atoms with van der Waals surface area (Å²) in [6.07, 6.45) is 0. The van der Waals surface area contributed by atoms with E-state index in [1.165, 1.54) is 30.2 Å². The van der Waals surface area contributed by atoms with Gasteiger partial charge in [-0.15, -0.1) is 10.2 Å². The van der Waals surface area contributed by atoms with Gasteiger partial charge in [0.2, 0.25) is 0 Å². The molecule has 0 fully saturated rings. The van der Waals surface area contributed by atoms with Crippen LogP contribution >= 0.6 is 23.1 Å². The lowest BCUT2D eigenvalue weighted by Crippen LogP contribution is -2.37. The van der Waals surface area contributed by atoms with Crippen molar-refractivity contribution in [2.24, 2.45) is 0 Å². The van der Waals surface area contributed by atoms with Crippen LogP contribution < -0.4 is 5.32 Å². The molecule has 78 valence electrons. The maximum absolute atomic E-state index is 11.2. The van der Waals surface area contributed by atoms with Crippen LogP contribution in [0.5, 0.6) is 0 Å². The molecular weight excluding hydrogens is 222 g/mol. The van der Waals surface area contributed by atoms with E-state index < -0.39 is 0 Å². The van der Waals surface area contributed by atoms with Crippen LogP contribution in [0, 0.1) is 0 Å². The van der Waals surface area contributed by atoms with Gasteiger partial charge < -0.3 is 10.1 Å². The molecule has 0 saturated heterocycles. The van der Waals surface area contributed by atoms with Crippen LogP contribution in [0.4, 0.5) is 0 Å². The van der Waals surface area contributed by atoms with Crippen LogP contribution in [0.2, 0.25) is 0 Å². The van der Waals surface area contributed by atoms with E-state index in [4.69, 9.17) is 0 Å².